The summed E-state index contributed by atoms with van der Waals surface area (Å²) in [7, 11) is 0. The highest BCUT2D eigenvalue weighted by molar-refractivity contribution is 7.14. The smallest absolute Gasteiger partial charge is 0.220 e. The zero-order valence-electron chi connectivity index (χ0n) is 14.2. The van der Waals surface area contributed by atoms with Crippen molar-refractivity contribution >= 4 is 23.0 Å². The van der Waals surface area contributed by atoms with Crippen molar-refractivity contribution < 1.29 is 19.1 Å². The van der Waals surface area contributed by atoms with E-state index in [-0.39, 0.29) is 24.5 Å². The first kappa shape index (κ1) is 17.5. The standard InChI is InChI=1S/C19H21NO4S/c1-13-2-6-18(25-13)15(21)4-7-19(22)20-9-8-14-3-5-16-17(12-14)24-11-10-23-16/h2-3,5-6,12H,4,7-11H2,1H3,(H,20,22). The normalized spacial score (nSPS) is 12.7. The van der Waals surface area contributed by atoms with Gasteiger partial charge in [0.05, 0.1) is 4.88 Å². The van der Waals surface area contributed by atoms with E-state index in [4.69, 9.17) is 9.47 Å². The van der Waals surface area contributed by atoms with Crippen molar-refractivity contribution in [2.45, 2.75) is 26.2 Å². The summed E-state index contributed by atoms with van der Waals surface area (Å²) in [5.74, 6) is 1.45. The molecule has 1 aliphatic rings. The third kappa shape index (κ3) is 4.82. The van der Waals surface area contributed by atoms with E-state index in [0.717, 1.165) is 26.8 Å². The first-order valence-corrected chi connectivity index (χ1v) is 9.18. The molecule has 2 aromatic rings. The second-order valence-corrected chi connectivity index (χ2v) is 7.20. The van der Waals surface area contributed by atoms with Gasteiger partial charge in [-0.2, -0.15) is 0 Å². The van der Waals surface area contributed by atoms with E-state index >= 15 is 0 Å². The van der Waals surface area contributed by atoms with E-state index in [1.807, 2.05) is 37.3 Å². The number of thiophene rings is 1. The van der Waals surface area contributed by atoms with Crippen LogP contribution in [0.3, 0.4) is 0 Å². The number of ketones is 1. The fourth-order valence-electron chi connectivity index (χ4n) is 2.61. The molecule has 132 valence electrons. The number of hydrogen-bond acceptors (Lipinski definition) is 5. The third-order valence-corrected chi connectivity index (χ3v) is 4.98. The molecule has 0 atom stereocenters. The van der Waals surface area contributed by atoms with E-state index in [0.29, 0.717) is 26.2 Å². The van der Waals surface area contributed by atoms with Crippen LogP contribution < -0.4 is 14.8 Å². The minimum atomic E-state index is -0.0980. The third-order valence-electron chi connectivity index (χ3n) is 3.94. The molecule has 5 nitrogen and oxygen atoms in total. The van der Waals surface area contributed by atoms with Crippen molar-refractivity contribution in [1.29, 1.82) is 0 Å². The van der Waals surface area contributed by atoms with E-state index in [2.05, 4.69) is 5.32 Å². The molecule has 0 spiro atoms. The lowest BCUT2D eigenvalue weighted by Gasteiger charge is -2.18. The minimum absolute atomic E-state index is 0.0279. The van der Waals surface area contributed by atoms with Gasteiger partial charge in [-0.15, -0.1) is 11.3 Å². The summed E-state index contributed by atoms with van der Waals surface area (Å²) < 4.78 is 11.0. The Morgan fingerprint density at radius 3 is 2.64 bits per heavy atom. The lowest BCUT2D eigenvalue weighted by Crippen LogP contribution is -2.26. The molecule has 0 saturated carbocycles. The number of fused-ring (bicyclic) bond motifs is 1. The second kappa shape index (κ2) is 8.16. The number of nitrogens with one attached hydrogen (secondary N) is 1. The van der Waals surface area contributed by atoms with Gasteiger partial charge in [-0.25, -0.2) is 0 Å². The molecule has 1 amide bonds. The van der Waals surface area contributed by atoms with Crippen LogP contribution in [0.25, 0.3) is 0 Å². The Bertz CT molecular complexity index is 769. The summed E-state index contributed by atoms with van der Waals surface area (Å²) in [6, 6.07) is 9.56. The highest BCUT2D eigenvalue weighted by atomic mass is 32.1. The summed E-state index contributed by atoms with van der Waals surface area (Å²) in [6.45, 7) is 3.63. The molecule has 6 heteroatoms. The van der Waals surface area contributed by atoms with E-state index in [9.17, 15) is 9.59 Å². The number of aryl methyl sites for hydroxylation is 1. The highest BCUT2D eigenvalue weighted by Crippen LogP contribution is 2.30. The van der Waals surface area contributed by atoms with Crippen LogP contribution in [-0.2, 0) is 11.2 Å². The number of rotatable bonds is 7. The number of carbonyl (C=O) groups excluding carboxylic acids is 2. The largest absolute Gasteiger partial charge is 0.486 e. The Balaban J connectivity index is 1.40. The average molecular weight is 359 g/mol. The van der Waals surface area contributed by atoms with Crippen LogP contribution in [0.4, 0.5) is 0 Å². The fourth-order valence-corrected chi connectivity index (χ4v) is 3.45. The molecule has 25 heavy (non-hydrogen) atoms. The number of ether oxygens (including phenoxy) is 2. The van der Waals surface area contributed by atoms with Crippen LogP contribution >= 0.6 is 11.3 Å². The lowest BCUT2D eigenvalue weighted by molar-refractivity contribution is -0.121. The van der Waals surface area contributed by atoms with Gasteiger partial charge in [0, 0.05) is 24.3 Å². The molecule has 1 aromatic carbocycles. The van der Waals surface area contributed by atoms with Crippen LogP contribution in [0.5, 0.6) is 11.5 Å². The molecule has 0 unspecified atom stereocenters. The topological polar surface area (TPSA) is 64.6 Å². The van der Waals surface area contributed by atoms with Gasteiger partial charge >= 0.3 is 0 Å². The Morgan fingerprint density at radius 2 is 1.88 bits per heavy atom. The van der Waals surface area contributed by atoms with Crippen LogP contribution in [0.2, 0.25) is 0 Å². The van der Waals surface area contributed by atoms with Crippen molar-refractivity contribution in [3.05, 3.63) is 45.6 Å². The van der Waals surface area contributed by atoms with Gasteiger partial charge in [-0.05, 0) is 43.2 Å². The predicted molar refractivity (Wildman–Crippen MR) is 96.8 cm³/mol. The van der Waals surface area contributed by atoms with Crippen molar-refractivity contribution in [2.75, 3.05) is 19.8 Å². The first-order chi connectivity index (χ1) is 12.1. The molecule has 3 rings (SSSR count). The molecule has 0 saturated heterocycles. The van der Waals surface area contributed by atoms with Crippen molar-refractivity contribution in [2.24, 2.45) is 0 Å². The molecule has 1 N–H and O–H groups in total. The highest BCUT2D eigenvalue weighted by Gasteiger charge is 2.13. The van der Waals surface area contributed by atoms with Gasteiger partial charge in [-0.1, -0.05) is 6.07 Å². The predicted octanol–water partition coefficient (Wildman–Crippen LogP) is 3.15. The maximum Gasteiger partial charge on any atom is 0.220 e. The summed E-state index contributed by atoms with van der Waals surface area (Å²) >= 11 is 1.47. The molecular formula is C19H21NO4S. The van der Waals surface area contributed by atoms with Gasteiger partial charge in [-0.3, -0.25) is 9.59 Å². The SMILES string of the molecule is Cc1ccc(C(=O)CCC(=O)NCCc2ccc3c(c2)OCCO3)s1. The number of amides is 1. The lowest BCUT2D eigenvalue weighted by atomic mass is 10.1. The van der Waals surface area contributed by atoms with Crippen molar-refractivity contribution in [3.8, 4) is 11.5 Å². The fraction of sp³-hybridized carbons (Fsp3) is 0.368. The summed E-state index contributed by atoms with van der Waals surface area (Å²) in [5.41, 5.74) is 1.08. The van der Waals surface area contributed by atoms with E-state index in [1.165, 1.54) is 11.3 Å². The van der Waals surface area contributed by atoms with Crippen LogP contribution in [-0.4, -0.2) is 31.4 Å². The van der Waals surface area contributed by atoms with Crippen LogP contribution in [0.15, 0.2) is 30.3 Å². The van der Waals surface area contributed by atoms with Gasteiger partial charge < -0.3 is 14.8 Å². The van der Waals surface area contributed by atoms with Gasteiger partial charge in [0.1, 0.15) is 13.2 Å². The Labute approximate surface area is 151 Å². The molecule has 0 bridgehead atoms. The van der Waals surface area contributed by atoms with Crippen molar-refractivity contribution in [1.82, 2.24) is 5.32 Å². The summed E-state index contributed by atoms with van der Waals surface area (Å²) in [5, 5.41) is 2.86. The van der Waals surface area contributed by atoms with E-state index in [1.54, 1.807) is 0 Å². The zero-order valence-corrected chi connectivity index (χ0v) is 15.0. The molecule has 0 radical (unpaired) electrons. The van der Waals surface area contributed by atoms with Gasteiger partial charge in [0.2, 0.25) is 5.91 Å². The van der Waals surface area contributed by atoms with Gasteiger partial charge in [0.25, 0.3) is 0 Å². The Hall–Kier alpha value is -2.34. The Kier molecular flexibility index (Phi) is 5.71. The van der Waals surface area contributed by atoms with Crippen LogP contribution in [0.1, 0.15) is 33.0 Å². The zero-order chi connectivity index (χ0) is 17.6. The molecule has 0 fully saturated rings. The summed E-state index contributed by atoms with van der Waals surface area (Å²) in [4.78, 5) is 25.7. The molecule has 0 aliphatic carbocycles. The first-order valence-electron chi connectivity index (χ1n) is 8.37. The molecular weight excluding hydrogens is 338 g/mol. The minimum Gasteiger partial charge on any atom is -0.486 e. The number of benzene rings is 1. The molecule has 1 aromatic heterocycles. The Morgan fingerprint density at radius 1 is 1.08 bits per heavy atom. The van der Waals surface area contributed by atoms with Crippen LogP contribution in [0, 0.1) is 6.92 Å². The van der Waals surface area contributed by atoms with E-state index < -0.39 is 0 Å². The molecule has 2 heterocycles. The maximum atomic E-state index is 12.0. The summed E-state index contributed by atoms with van der Waals surface area (Å²) in [6.07, 6.45) is 1.17. The number of Topliss-reactive ketones (excluding diaryl/α,β-unsaturated/α-hetero) is 1. The number of hydrogen-bond donors (Lipinski definition) is 1. The quantitative estimate of drug-likeness (QED) is 0.772. The van der Waals surface area contributed by atoms with Crippen molar-refractivity contribution in [3.63, 3.8) is 0 Å². The maximum absolute atomic E-state index is 12.0. The monoisotopic (exact) mass is 359 g/mol. The second-order valence-electron chi connectivity index (χ2n) is 5.91. The molecule has 1 aliphatic heterocycles. The average Bonchev–Trinajstić information content (AvgIpc) is 3.06. The number of carbonyl (C=O) groups is 2. The van der Waals surface area contributed by atoms with Gasteiger partial charge in [0.15, 0.2) is 17.3 Å².